The van der Waals surface area contributed by atoms with Gasteiger partial charge in [0.05, 0.1) is 0 Å². The summed E-state index contributed by atoms with van der Waals surface area (Å²) in [4.78, 5) is 64.8. The standard InChI is InChI=1S/C28H42N8O4S/c1-5-7-9-11-13-15-17-35-19-21(33(3)25(39)31-23(19)37)29-27(35)41-28-30-22-20(24(38)32-26(40)34(22)4)36(28)18-16-14-12-10-8-6-2/h5-18H2,1-4H3,(H,31,37,39)(H,32,38,40). The molecule has 0 fully saturated rings. The van der Waals surface area contributed by atoms with Gasteiger partial charge in [0.1, 0.15) is 0 Å². The molecule has 41 heavy (non-hydrogen) atoms. The highest BCUT2D eigenvalue weighted by atomic mass is 32.2. The third-order valence-electron chi connectivity index (χ3n) is 7.60. The minimum Gasteiger partial charge on any atom is -0.313 e. The fraction of sp³-hybridized carbons (Fsp3) is 0.643. The molecule has 4 heterocycles. The highest BCUT2D eigenvalue weighted by molar-refractivity contribution is 7.99. The number of nitrogens with one attached hydrogen (secondary N) is 2. The van der Waals surface area contributed by atoms with Crippen LogP contribution < -0.4 is 22.5 Å². The van der Waals surface area contributed by atoms with E-state index in [1.807, 2.05) is 9.13 Å². The Bertz CT molecular complexity index is 1600. The van der Waals surface area contributed by atoms with Crippen molar-refractivity contribution in [3.63, 3.8) is 0 Å². The van der Waals surface area contributed by atoms with Crippen LogP contribution in [-0.2, 0) is 27.2 Å². The first-order valence-corrected chi connectivity index (χ1v) is 15.7. The summed E-state index contributed by atoms with van der Waals surface area (Å²) in [7, 11) is 3.17. The van der Waals surface area contributed by atoms with Crippen LogP contribution in [0.2, 0.25) is 0 Å². The summed E-state index contributed by atoms with van der Waals surface area (Å²) in [5.41, 5.74) is -0.730. The van der Waals surface area contributed by atoms with Crippen molar-refractivity contribution < 1.29 is 0 Å². The van der Waals surface area contributed by atoms with Gasteiger partial charge in [0.2, 0.25) is 0 Å². The molecule has 4 aromatic heterocycles. The van der Waals surface area contributed by atoms with Crippen molar-refractivity contribution in [1.82, 2.24) is 38.2 Å². The van der Waals surface area contributed by atoms with Gasteiger partial charge in [-0.1, -0.05) is 78.1 Å². The Morgan fingerprint density at radius 3 is 1.34 bits per heavy atom. The minimum atomic E-state index is -0.528. The Hall–Kier alpha value is -3.35. The molecule has 0 saturated heterocycles. The van der Waals surface area contributed by atoms with Crippen molar-refractivity contribution in [2.75, 3.05) is 0 Å². The number of aromatic nitrogens is 8. The number of unbranched alkanes of at least 4 members (excludes halogenated alkanes) is 10. The molecular weight excluding hydrogens is 544 g/mol. The maximum atomic E-state index is 13.0. The van der Waals surface area contributed by atoms with Gasteiger partial charge in [-0.3, -0.25) is 28.7 Å². The molecule has 0 aliphatic heterocycles. The summed E-state index contributed by atoms with van der Waals surface area (Å²) in [5, 5.41) is 1.03. The monoisotopic (exact) mass is 586 g/mol. The topological polar surface area (TPSA) is 145 Å². The fourth-order valence-electron chi connectivity index (χ4n) is 5.18. The highest BCUT2D eigenvalue weighted by Crippen LogP contribution is 2.31. The first-order valence-electron chi connectivity index (χ1n) is 14.8. The van der Waals surface area contributed by atoms with Crippen LogP contribution in [0.1, 0.15) is 90.9 Å². The van der Waals surface area contributed by atoms with E-state index in [1.165, 1.54) is 59.4 Å². The number of fused-ring (bicyclic) bond motifs is 2. The molecule has 0 amide bonds. The van der Waals surface area contributed by atoms with E-state index in [9.17, 15) is 19.2 Å². The molecule has 4 rings (SSSR count). The second kappa shape index (κ2) is 14.0. The van der Waals surface area contributed by atoms with Gasteiger partial charge < -0.3 is 9.13 Å². The van der Waals surface area contributed by atoms with Crippen LogP contribution in [0.5, 0.6) is 0 Å². The summed E-state index contributed by atoms with van der Waals surface area (Å²) >= 11 is 1.25. The number of hydrogen-bond acceptors (Lipinski definition) is 7. The Labute approximate surface area is 242 Å². The van der Waals surface area contributed by atoms with Crippen LogP contribution in [0.25, 0.3) is 22.3 Å². The average molecular weight is 587 g/mol. The zero-order valence-corrected chi connectivity index (χ0v) is 25.4. The van der Waals surface area contributed by atoms with Gasteiger partial charge in [0.25, 0.3) is 11.1 Å². The van der Waals surface area contributed by atoms with Gasteiger partial charge in [0, 0.05) is 27.2 Å². The number of imidazole rings is 2. The summed E-state index contributed by atoms with van der Waals surface area (Å²) in [5.74, 6) is 0. The lowest BCUT2D eigenvalue weighted by Crippen LogP contribution is -2.29. The quantitative estimate of drug-likeness (QED) is 0.189. The van der Waals surface area contributed by atoms with Gasteiger partial charge >= 0.3 is 11.4 Å². The molecular formula is C28H42N8O4S. The Balaban J connectivity index is 1.74. The molecule has 224 valence electrons. The van der Waals surface area contributed by atoms with Crippen LogP contribution in [-0.4, -0.2) is 38.2 Å². The molecule has 4 aromatic rings. The van der Waals surface area contributed by atoms with Crippen LogP contribution >= 0.6 is 11.8 Å². The maximum absolute atomic E-state index is 13.0. The molecule has 0 aliphatic carbocycles. The molecule has 0 atom stereocenters. The minimum absolute atomic E-state index is 0.302. The van der Waals surface area contributed by atoms with E-state index in [-0.39, 0.29) is 0 Å². The predicted octanol–water partition coefficient (Wildman–Crippen LogP) is 4.03. The summed E-state index contributed by atoms with van der Waals surface area (Å²) in [6.45, 7) is 5.48. The molecule has 0 aromatic carbocycles. The molecule has 12 nitrogen and oxygen atoms in total. The summed E-state index contributed by atoms with van der Waals surface area (Å²) in [6, 6.07) is 0. The van der Waals surface area contributed by atoms with E-state index in [4.69, 9.17) is 9.97 Å². The molecule has 0 aliphatic rings. The zero-order valence-electron chi connectivity index (χ0n) is 24.6. The fourth-order valence-corrected chi connectivity index (χ4v) is 6.20. The number of aryl methyl sites for hydroxylation is 4. The van der Waals surface area contributed by atoms with E-state index in [0.29, 0.717) is 45.7 Å². The molecule has 2 N–H and O–H groups in total. The average Bonchev–Trinajstić information content (AvgIpc) is 3.49. The lowest BCUT2D eigenvalue weighted by atomic mass is 10.1. The third-order valence-corrected chi connectivity index (χ3v) is 8.59. The first-order chi connectivity index (χ1) is 19.8. The van der Waals surface area contributed by atoms with Crippen molar-refractivity contribution >= 4 is 34.1 Å². The molecule has 0 spiro atoms. The van der Waals surface area contributed by atoms with Crippen LogP contribution in [0.4, 0.5) is 0 Å². The van der Waals surface area contributed by atoms with Crippen LogP contribution in [0.15, 0.2) is 29.5 Å². The number of rotatable bonds is 16. The normalized spacial score (nSPS) is 11.8. The van der Waals surface area contributed by atoms with Crippen molar-refractivity contribution in [1.29, 1.82) is 0 Å². The molecule has 0 saturated carbocycles. The lowest BCUT2D eigenvalue weighted by molar-refractivity contribution is 0.538. The van der Waals surface area contributed by atoms with E-state index >= 15 is 0 Å². The molecule has 0 unspecified atom stereocenters. The van der Waals surface area contributed by atoms with Gasteiger partial charge in [-0.25, -0.2) is 19.6 Å². The molecule has 13 heteroatoms. The smallest absolute Gasteiger partial charge is 0.313 e. The largest absolute Gasteiger partial charge is 0.329 e. The van der Waals surface area contributed by atoms with E-state index < -0.39 is 22.5 Å². The maximum Gasteiger partial charge on any atom is 0.329 e. The highest BCUT2D eigenvalue weighted by Gasteiger charge is 2.23. The number of nitrogens with zero attached hydrogens (tertiary/aromatic N) is 6. The SMILES string of the molecule is CCCCCCCCn1c(Sc2nc3c(c(=O)[nH]c(=O)n3C)n2CCCCCCCC)nc2c1c(=O)[nH]c(=O)n2C. The summed E-state index contributed by atoms with van der Waals surface area (Å²) < 4.78 is 6.39. The number of hydrogen-bond donors (Lipinski definition) is 2. The summed E-state index contributed by atoms with van der Waals surface area (Å²) in [6.07, 6.45) is 13.1. The second-order valence-electron chi connectivity index (χ2n) is 10.7. The lowest BCUT2D eigenvalue weighted by Gasteiger charge is -2.10. The van der Waals surface area contributed by atoms with Crippen molar-refractivity contribution in [3.05, 3.63) is 41.7 Å². The van der Waals surface area contributed by atoms with Gasteiger partial charge in [-0.05, 0) is 24.6 Å². The predicted molar refractivity (Wildman–Crippen MR) is 162 cm³/mol. The number of H-pyrrole nitrogens is 2. The molecule has 0 bridgehead atoms. The van der Waals surface area contributed by atoms with Gasteiger partial charge in [-0.15, -0.1) is 0 Å². The molecule has 0 radical (unpaired) electrons. The Morgan fingerprint density at radius 1 is 0.585 bits per heavy atom. The third kappa shape index (κ3) is 6.77. The zero-order chi connectivity index (χ0) is 29.5. The van der Waals surface area contributed by atoms with Crippen molar-refractivity contribution in [3.8, 4) is 0 Å². The van der Waals surface area contributed by atoms with Crippen molar-refractivity contribution in [2.24, 2.45) is 14.1 Å². The van der Waals surface area contributed by atoms with Crippen LogP contribution in [0, 0.1) is 0 Å². The van der Waals surface area contributed by atoms with E-state index in [2.05, 4.69) is 23.8 Å². The first kappa shape index (κ1) is 30.6. The van der Waals surface area contributed by atoms with Gasteiger partial charge in [-0.2, -0.15) is 0 Å². The Kier molecular flexibility index (Phi) is 10.5. The second-order valence-corrected chi connectivity index (χ2v) is 11.6. The van der Waals surface area contributed by atoms with Crippen LogP contribution in [0.3, 0.4) is 0 Å². The van der Waals surface area contributed by atoms with Crippen molar-refractivity contribution in [2.45, 2.75) is 114 Å². The van der Waals surface area contributed by atoms with E-state index in [1.54, 1.807) is 14.1 Å². The number of aromatic amines is 2. The Morgan fingerprint density at radius 2 is 0.951 bits per heavy atom. The van der Waals surface area contributed by atoms with E-state index in [0.717, 1.165) is 38.5 Å². The van der Waals surface area contributed by atoms with Gasteiger partial charge in [0.15, 0.2) is 32.6 Å².